The van der Waals surface area contributed by atoms with E-state index in [4.69, 9.17) is 5.11 Å². The Bertz CT molecular complexity index is 654. The summed E-state index contributed by atoms with van der Waals surface area (Å²) in [6.07, 6.45) is 0.386. The van der Waals surface area contributed by atoms with E-state index in [-0.39, 0.29) is 5.92 Å². The lowest BCUT2D eigenvalue weighted by atomic mass is 10.0. The lowest BCUT2D eigenvalue weighted by Gasteiger charge is -2.16. The zero-order valence-corrected chi connectivity index (χ0v) is 12.6. The summed E-state index contributed by atoms with van der Waals surface area (Å²) in [5, 5.41) is 14.2. The molecule has 2 aromatic rings. The molecule has 6 nitrogen and oxygen atoms in total. The van der Waals surface area contributed by atoms with Gasteiger partial charge in [-0.3, -0.25) is 0 Å². The van der Waals surface area contributed by atoms with Gasteiger partial charge in [-0.05, 0) is 30.5 Å². The van der Waals surface area contributed by atoms with Crippen LogP contribution in [-0.4, -0.2) is 28.1 Å². The quantitative estimate of drug-likeness (QED) is 0.792. The summed E-state index contributed by atoms with van der Waals surface area (Å²) in [5.74, 6) is -0.850. The normalized spacial score (nSPS) is 12.3. The van der Waals surface area contributed by atoms with Gasteiger partial charge in [0.25, 0.3) is 0 Å². The zero-order valence-electron chi connectivity index (χ0n) is 11.8. The van der Waals surface area contributed by atoms with Crippen molar-refractivity contribution in [2.45, 2.75) is 26.3 Å². The van der Waals surface area contributed by atoms with Crippen LogP contribution < -0.4 is 10.6 Å². The van der Waals surface area contributed by atoms with Crippen LogP contribution in [0.2, 0.25) is 0 Å². The molecule has 0 saturated heterocycles. The fourth-order valence-corrected chi connectivity index (χ4v) is 2.67. The summed E-state index contributed by atoms with van der Waals surface area (Å²) >= 11 is 1.48. The third-order valence-electron chi connectivity index (χ3n) is 2.90. The molecule has 3 N–H and O–H groups in total. The highest BCUT2D eigenvalue weighted by atomic mass is 32.1. The van der Waals surface area contributed by atoms with Crippen LogP contribution in [0.1, 0.15) is 20.3 Å². The maximum atomic E-state index is 11.9. The van der Waals surface area contributed by atoms with Crippen molar-refractivity contribution in [3.8, 4) is 0 Å². The number of carbonyl (C=O) groups is 2. The number of carbonyl (C=O) groups excluding carboxylic acids is 1. The van der Waals surface area contributed by atoms with E-state index >= 15 is 0 Å². The molecule has 0 aliphatic carbocycles. The maximum absolute atomic E-state index is 11.9. The zero-order chi connectivity index (χ0) is 15.4. The van der Waals surface area contributed by atoms with Gasteiger partial charge in [0.1, 0.15) is 6.04 Å². The summed E-state index contributed by atoms with van der Waals surface area (Å²) in [6.45, 7) is 3.82. The van der Waals surface area contributed by atoms with Crippen LogP contribution >= 0.6 is 11.3 Å². The predicted octanol–water partition coefficient (Wildman–Crippen LogP) is 2.92. The highest BCUT2D eigenvalue weighted by molar-refractivity contribution is 7.16. The maximum Gasteiger partial charge on any atom is 0.326 e. The number of carboxylic acid groups (broad SMARTS) is 1. The number of nitrogens with one attached hydrogen (secondary N) is 2. The van der Waals surface area contributed by atoms with Gasteiger partial charge in [0.2, 0.25) is 0 Å². The number of hydrogen-bond donors (Lipinski definition) is 3. The van der Waals surface area contributed by atoms with E-state index in [2.05, 4.69) is 15.6 Å². The number of amides is 2. The standard InChI is InChI=1S/C14H17N3O3S/c1-8(2)5-11(13(18)19)17-14(20)16-9-3-4-10-12(6-9)21-7-15-10/h3-4,6-8,11H,5H2,1-2H3,(H,18,19)(H2,16,17,20)/t11-/m1/s1. The number of aliphatic carboxylic acids is 1. The van der Waals surface area contributed by atoms with Crippen molar-refractivity contribution in [1.29, 1.82) is 0 Å². The Balaban J connectivity index is 2.01. The molecule has 112 valence electrons. The number of carboxylic acids is 1. The molecule has 0 bridgehead atoms. The second-order valence-corrected chi connectivity index (χ2v) is 6.04. The van der Waals surface area contributed by atoms with Gasteiger partial charge in [0.15, 0.2) is 0 Å². The molecular weight excluding hydrogens is 290 g/mol. The Kier molecular flexibility index (Phi) is 4.74. The highest BCUT2D eigenvalue weighted by Crippen LogP contribution is 2.21. The Morgan fingerprint density at radius 1 is 1.38 bits per heavy atom. The largest absolute Gasteiger partial charge is 0.480 e. The number of anilines is 1. The predicted molar refractivity (Wildman–Crippen MR) is 82.7 cm³/mol. The van der Waals surface area contributed by atoms with E-state index < -0.39 is 18.0 Å². The summed E-state index contributed by atoms with van der Waals surface area (Å²) in [5.41, 5.74) is 3.21. The van der Waals surface area contributed by atoms with Crippen molar-refractivity contribution in [2.24, 2.45) is 5.92 Å². The first-order valence-electron chi connectivity index (χ1n) is 6.59. The second kappa shape index (κ2) is 6.53. The van der Waals surface area contributed by atoms with E-state index in [1.165, 1.54) is 11.3 Å². The van der Waals surface area contributed by atoms with Crippen molar-refractivity contribution in [3.05, 3.63) is 23.7 Å². The molecule has 0 radical (unpaired) electrons. The minimum atomic E-state index is -1.03. The molecule has 1 aromatic heterocycles. The Morgan fingerprint density at radius 2 is 2.14 bits per heavy atom. The third-order valence-corrected chi connectivity index (χ3v) is 3.69. The first-order valence-corrected chi connectivity index (χ1v) is 7.47. The van der Waals surface area contributed by atoms with E-state index in [1.54, 1.807) is 11.6 Å². The van der Waals surface area contributed by atoms with Gasteiger partial charge in [-0.15, -0.1) is 11.3 Å². The number of hydrogen-bond acceptors (Lipinski definition) is 4. The van der Waals surface area contributed by atoms with E-state index in [9.17, 15) is 9.59 Å². The van der Waals surface area contributed by atoms with Gasteiger partial charge >= 0.3 is 12.0 Å². The van der Waals surface area contributed by atoms with Crippen LogP contribution in [0, 0.1) is 5.92 Å². The molecule has 0 fully saturated rings. The molecule has 1 aromatic carbocycles. The van der Waals surface area contributed by atoms with Gasteiger partial charge in [0.05, 0.1) is 15.7 Å². The monoisotopic (exact) mass is 307 g/mol. The summed E-state index contributed by atoms with van der Waals surface area (Å²) in [6, 6.07) is 3.94. The van der Waals surface area contributed by atoms with Crippen LogP contribution in [0.5, 0.6) is 0 Å². The number of fused-ring (bicyclic) bond motifs is 1. The van der Waals surface area contributed by atoms with Gasteiger partial charge in [-0.1, -0.05) is 13.8 Å². The molecule has 0 unspecified atom stereocenters. The highest BCUT2D eigenvalue weighted by Gasteiger charge is 2.21. The second-order valence-electron chi connectivity index (χ2n) is 5.15. The van der Waals surface area contributed by atoms with Crippen LogP contribution in [0.15, 0.2) is 23.7 Å². The van der Waals surface area contributed by atoms with Crippen molar-refractivity contribution < 1.29 is 14.7 Å². The minimum absolute atomic E-state index is 0.181. The molecule has 2 rings (SSSR count). The van der Waals surface area contributed by atoms with Gasteiger partial charge in [-0.2, -0.15) is 0 Å². The Labute approximate surface area is 126 Å². The first-order chi connectivity index (χ1) is 9.95. The number of benzene rings is 1. The van der Waals surface area contributed by atoms with Crippen LogP contribution in [0.25, 0.3) is 10.2 Å². The first kappa shape index (κ1) is 15.2. The molecule has 2 amide bonds. The SMILES string of the molecule is CC(C)C[C@@H](NC(=O)Nc1ccc2ncsc2c1)C(=O)O. The lowest BCUT2D eigenvalue weighted by Crippen LogP contribution is -2.43. The minimum Gasteiger partial charge on any atom is -0.480 e. The summed E-state index contributed by atoms with van der Waals surface area (Å²) in [4.78, 5) is 27.2. The van der Waals surface area contributed by atoms with Crippen molar-refractivity contribution >= 4 is 39.2 Å². The Hall–Kier alpha value is -2.15. The van der Waals surface area contributed by atoms with Crippen molar-refractivity contribution in [1.82, 2.24) is 10.3 Å². The molecule has 0 aliphatic heterocycles. The fraction of sp³-hybridized carbons (Fsp3) is 0.357. The molecule has 1 atom stereocenters. The van der Waals surface area contributed by atoms with Crippen LogP contribution in [-0.2, 0) is 4.79 Å². The van der Waals surface area contributed by atoms with E-state index in [0.717, 1.165) is 10.2 Å². The topological polar surface area (TPSA) is 91.3 Å². The smallest absolute Gasteiger partial charge is 0.326 e. The number of rotatable bonds is 5. The summed E-state index contributed by atoms with van der Waals surface area (Å²) < 4.78 is 0.963. The lowest BCUT2D eigenvalue weighted by molar-refractivity contribution is -0.139. The molecule has 0 aliphatic rings. The van der Waals surface area contributed by atoms with Crippen LogP contribution in [0.3, 0.4) is 0 Å². The molecule has 1 heterocycles. The number of aromatic nitrogens is 1. The average Bonchev–Trinajstić information content (AvgIpc) is 2.84. The van der Waals surface area contributed by atoms with E-state index in [0.29, 0.717) is 12.1 Å². The molecule has 7 heteroatoms. The number of nitrogens with zero attached hydrogens (tertiary/aromatic N) is 1. The van der Waals surface area contributed by atoms with Crippen LogP contribution in [0.4, 0.5) is 10.5 Å². The van der Waals surface area contributed by atoms with Gasteiger partial charge in [0, 0.05) is 5.69 Å². The van der Waals surface area contributed by atoms with Gasteiger partial charge < -0.3 is 15.7 Å². The molecule has 21 heavy (non-hydrogen) atoms. The third kappa shape index (κ3) is 4.16. The van der Waals surface area contributed by atoms with E-state index in [1.807, 2.05) is 26.0 Å². The molecule has 0 saturated carbocycles. The summed E-state index contributed by atoms with van der Waals surface area (Å²) in [7, 11) is 0. The van der Waals surface area contributed by atoms with Crippen molar-refractivity contribution in [2.75, 3.05) is 5.32 Å². The van der Waals surface area contributed by atoms with Crippen molar-refractivity contribution in [3.63, 3.8) is 0 Å². The fourth-order valence-electron chi connectivity index (χ4n) is 1.95. The molecular formula is C14H17N3O3S. The average molecular weight is 307 g/mol. The number of urea groups is 1. The Morgan fingerprint density at radius 3 is 2.81 bits per heavy atom. The molecule has 0 spiro atoms. The van der Waals surface area contributed by atoms with Gasteiger partial charge in [-0.25, -0.2) is 14.6 Å². The number of thiazole rings is 1.